The highest BCUT2D eigenvalue weighted by Gasteiger charge is 2.21. The first kappa shape index (κ1) is 28.1. The Balaban J connectivity index is 0.000000196. The standard InChI is InChI=1S/C13H18FNO2S.C13H19NO2S/c14-11(9-18(16)17)8-15-13-7-3-5-10-4-1-2-6-12(10)13;15-17(16)10-4-3-9-14-13-8-7-11-5-1-2-6-12(11)13/h1-2,4,6,11,13,15H,3,5,7-9H2,(H,16,17);1-2,5-6,13-14H,3-4,7-10H2,(H,15,16). The van der Waals surface area contributed by atoms with Crippen LogP contribution in [0.4, 0.5) is 4.39 Å². The molecule has 2 aliphatic carbocycles. The minimum absolute atomic E-state index is 0.130. The molecule has 0 radical (unpaired) electrons. The normalized spacial score (nSPS) is 21.2. The van der Waals surface area contributed by atoms with Crippen LogP contribution in [0.25, 0.3) is 0 Å². The summed E-state index contributed by atoms with van der Waals surface area (Å²) in [5.74, 6) is 0.0737. The minimum atomic E-state index is -2.06. The highest BCUT2D eigenvalue weighted by atomic mass is 32.2. The van der Waals surface area contributed by atoms with Gasteiger partial charge in [0, 0.05) is 24.4 Å². The number of fused-ring (bicyclic) bond motifs is 2. The summed E-state index contributed by atoms with van der Waals surface area (Å²) in [6, 6.07) is 17.4. The summed E-state index contributed by atoms with van der Waals surface area (Å²) in [6.45, 7) is 1.06. The first-order chi connectivity index (χ1) is 16.9. The number of alkyl halides is 1. The van der Waals surface area contributed by atoms with Crippen LogP contribution < -0.4 is 10.6 Å². The largest absolute Gasteiger partial charge is 0.310 e. The molecule has 0 fully saturated rings. The lowest BCUT2D eigenvalue weighted by atomic mass is 9.88. The summed E-state index contributed by atoms with van der Waals surface area (Å²) in [4.78, 5) is 0. The van der Waals surface area contributed by atoms with Gasteiger partial charge < -0.3 is 19.7 Å². The van der Waals surface area contributed by atoms with Crippen molar-refractivity contribution in [3.63, 3.8) is 0 Å². The van der Waals surface area contributed by atoms with E-state index in [0.717, 1.165) is 45.1 Å². The van der Waals surface area contributed by atoms with Gasteiger partial charge in [-0.1, -0.05) is 48.5 Å². The third-order valence-corrected chi connectivity index (χ3v) is 7.83. The van der Waals surface area contributed by atoms with Crippen LogP contribution in [0.5, 0.6) is 0 Å². The van der Waals surface area contributed by atoms with E-state index >= 15 is 0 Å². The average molecular weight is 525 g/mol. The lowest BCUT2D eigenvalue weighted by molar-refractivity contribution is 0.320. The van der Waals surface area contributed by atoms with E-state index < -0.39 is 28.3 Å². The molecule has 35 heavy (non-hydrogen) atoms. The SMILES string of the molecule is O=S(O)CC(F)CNC1CCCc2ccccc21.O=S(O)CCCCNC1CCc2ccccc21. The number of rotatable bonds is 11. The summed E-state index contributed by atoms with van der Waals surface area (Å²) in [7, 11) is 0. The Labute approximate surface area is 213 Å². The molecule has 194 valence electrons. The van der Waals surface area contributed by atoms with Crippen LogP contribution in [0, 0.1) is 0 Å². The van der Waals surface area contributed by atoms with Gasteiger partial charge in [0.2, 0.25) is 0 Å². The molecule has 0 aliphatic heterocycles. The van der Waals surface area contributed by atoms with Crippen LogP contribution in [-0.2, 0) is 35.0 Å². The van der Waals surface area contributed by atoms with Crippen molar-refractivity contribution in [2.45, 2.75) is 63.2 Å². The van der Waals surface area contributed by atoms with E-state index in [9.17, 15) is 12.8 Å². The van der Waals surface area contributed by atoms with Gasteiger partial charge in [-0.05, 0) is 73.7 Å². The fourth-order valence-corrected chi connectivity index (χ4v) is 5.72. The molecule has 0 bridgehead atoms. The second-order valence-corrected chi connectivity index (χ2v) is 11.1. The number of hydrogen-bond acceptors (Lipinski definition) is 4. The zero-order valence-corrected chi connectivity index (χ0v) is 21.7. The first-order valence-corrected chi connectivity index (χ1v) is 14.9. The Morgan fingerprint density at radius 2 is 1.49 bits per heavy atom. The Kier molecular flexibility index (Phi) is 12.0. The number of aryl methyl sites for hydroxylation is 2. The van der Waals surface area contributed by atoms with Crippen LogP contribution in [0.15, 0.2) is 48.5 Å². The molecule has 2 aliphatic rings. The van der Waals surface area contributed by atoms with Gasteiger partial charge in [-0.2, -0.15) is 0 Å². The van der Waals surface area contributed by atoms with Crippen molar-refractivity contribution in [3.05, 3.63) is 70.8 Å². The van der Waals surface area contributed by atoms with Crippen molar-refractivity contribution >= 4 is 22.2 Å². The third-order valence-electron chi connectivity index (χ3n) is 6.55. The second kappa shape index (κ2) is 14.9. The smallest absolute Gasteiger partial charge is 0.155 e. The van der Waals surface area contributed by atoms with Crippen LogP contribution in [0.1, 0.15) is 66.4 Å². The second-order valence-electron chi connectivity index (χ2n) is 9.11. The number of unbranched alkanes of at least 4 members (excludes halogenated alkanes) is 1. The molecule has 6 nitrogen and oxygen atoms in total. The van der Waals surface area contributed by atoms with Crippen molar-refractivity contribution in [1.82, 2.24) is 10.6 Å². The van der Waals surface area contributed by atoms with Gasteiger partial charge in [-0.3, -0.25) is 0 Å². The third kappa shape index (κ3) is 9.48. The van der Waals surface area contributed by atoms with Gasteiger partial charge in [0.05, 0.1) is 5.75 Å². The molecule has 4 rings (SSSR count). The van der Waals surface area contributed by atoms with Crippen LogP contribution >= 0.6 is 0 Å². The topological polar surface area (TPSA) is 98.7 Å². The minimum Gasteiger partial charge on any atom is -0.310 e. The summed E-state index contributed by atoms with van der Waals surface area (Å²) >= 11 is -3.70. The van der Waals surface area contributed by atoms with Gasteiger partial charge in [-0.25, -0.2) is 12.8 Å². The highest BCUT2D eigenvalue weighted by molar-refractivity contribution is 7.79. The molecule has 0 saturated carbocycles. The van der Waals surface area contributed by atoms with Gasteiger partial charge >= 0.3 is 0 Å². The Bertz CT molecular complexity index is 978. The maximum atomic E-state index is 13.4. The maximum Gasteiger partial charge on any atom is 0.155 e. The monoisotopic (exact) mass is 524 g/mol. The van der Waals surface area contributed by atoms with Crippen molar-refractivity contribution in [3.8, 4) is 0 Å². The number of benzene rings is 2. The molecular weight excluding hydrogens is 487 g/mol. The molecule has 0 heterocycles. The van der Waals surface area contributed by atoms with E-state index in [1.807, 2.05) is 12.1 Å². The molecule has 4 N–H and O–H groups in total. The molecular formula is C26H37FN2O4S2. The average Bonchev–Trinajstić information content (AvgIpc) is 3.25. The number of halogens is 1. The first-order valence-electron chi connectivity index (χ1n) is 12.4. The van der Waals surface area contributed by atoms with Crippen molar-refractivity contribution in [2.75, 3.05) is 24.6 Å². The predicted molar refractivity (Wildman–Crippen MR) is 141 cm³/mol. The lowest BCUT2D eigenvalue weighted by Crippen LogP contribution is -2.32. The molecule has 2 aromatic rings. The highest BCUT2D eigenvalue weighted by Crippen LogP contribution is 2.31. The molecule has 2 aromatic carbocycles. The molecule has 0 spiro atoms. The van der Waals surface area contributed by atoms with Crippen molar-refractivity contribution in [1.29, 1.82) is 0 Å². The van der Waals surface area contributed by atoms with Gasteiger partial charge in [0.15, 0.2) is 22.2 Å². The fraction of sp³-hybridized carbons (Fsp3) is 0.538. The van der Waals surface area contributed by atoms with Crippen LogP contribution in [-0.4, -0.2) is 48.3 Å². The van der Waals surface area contributed by atoms with E-state index in [4.69, 9.17) is 9.11 Å². The van der Waals surface area contributed by atoms with Gasteiger partial charge in [-0.15, -0.1) is 0 Å². The summed E-state index contributed by atoms with van der Waals surface area (Å²) in [6.07, 6.45) is 6.00. The van der Waals surface area contributed by atoms with E-state index in [0.29, 0.717) is 11.8 Å². The molecule has 0 amide bonds. The molecule has 9 heteroatoms. The lowest BCUT2D eigenvalue weighted by Gasteiger charge is -2.27. The van der Waals surface area contributed by atoms with E-state index in [2.05, 4.69) is 47.0 Å². The molecule has 0 saturated heterocycles. The molecule has 5 unspecified atom stereocenters. The van der Waals surface area contributed by atoms with Crippen molar-refractivity contribution < 1.29 is 21.9 Å². The fourth-order valence-electron chi connectivity index (χ4n) is 4.85. The Morgan fingerprint density at radius 3 is 2.14 bits per heavy atom. The summed E-state index contributed by atoms with van der Waals surface area (Å²) in [5, 5.41) is 6.69. The maximum absolute atomic E-state index is 13.4. The summed E-state index contributed by atoms with van der Waals surface area (Å²) in [5.41, 5.74) is 5.45. The Hall–Kier alpha value is -1.49. The predicted octanol–water partition coefficient (Wildman–Crippen LogP) is 4.48. The van der Waals surface area contributed by atoms with Crippen LogP contribution in [0.3, 0.4) is 0 Å². The summed E-state index contributed by atoms with van der Waals surface area (Å²) < 4.78 is 51.6. The van der Waals surface area contributed by atoms with Gasteiger partial charge in [0.25, 0.3) is 0 Å². The quantitative estimate of drug-likeness (QED) is 0.256. The molecule has 5 atom stereocenters. The van der Waals surface area contributed by atoms with E-state index in [1.165, 1.54) is 28.7 Å². The van der Waals surface area contributed by atoms with Crippen LogP contribution in [0.2, 0.25) is 0 Å². The van der Waals surface area contributed by atoms with E-state index in [-0.39, 0.29) is 18.3 Å². The van der Waals surface area contributed by atoms with E-state index in [1.54, 1.807) is 0 Å². The van der Waals surface area contributed by atoms with Gasteiger partial charge in [0.1, 0.15) is 6.17 Å². The van der Waals surface area contributed by atoms with Crippen molar-refractivity contribution in [2.24, 2.45) is 0 Å². The zero-order chi connectivity index (χ0) is 25.0. The number of hydrogen-bond donors (Lipinski definition) is 4. The zero-order valence-electron chi connectivity index (χ0n) is 20.0. The Morgan fingerprint density at radius 1 is 0.857 bits per heavy atom. The number of nitrogens with one attached hydrogen (secondary N) is 2. The molecule has 0 aromatic heterocycles.